The summed E-state index contributed by atoms with van der Waals surface area (Å²) in [6.45, 7) is 9.93. The van der Waals surface area contributed by atoms with Crippen LogP contribution in [0.4, 0.5) is 4.79 Å². The van der Waals surface area contributed by atoms with E-state index in [1.165, 1.54) is 5.57 Å². The van der Waals surface area contributed by atoms with E-state index in [-0.39, 0.29) is 6.03 Å². The van der Waals surface area contributed by atoms with Crippen LogP contribution in [0.3, 0.4) is 0 Å². The maximum atomic E-state index is 11.7. The molecule has 0 atom stereocenters. The highest BCUT2D eigenvalue weighted by atomic mass is 16.2. The molecule has 3 heteroatoms. The van der Waals surface area contributed by atoms with E-state index < -0.39 is 0 Å². The summed E-state index contributed by atoms with van der Waals surface area (Å²) in [7, 11) is 0. The van der Waals surface area contributed by atoms with Gasteiger partial charge in [0.05, 0.1) is 0 Å². The second kappa shape index (κ2) is 8.33. The van der Waals surface area contributed by atoms with E-state index in [0.29, 0.717) is 0 Å². The standard InChI is InChI=1S/C12H24N2O/c1-5-8-14(9-6-2)12(15)13-10-11(4)7-3/h10H,5-9H2,1-4H3,(H,13,15)/b11-10+. The van der Waals surface area contributed by atoms with Gasteiger partial charge in [0.2, 0.25) is 0 Å². The van der Waals surface area contributed by atoms with Crippen molar-refractivity contribution in [1.29, 1.82) is 0 Å². The Morgan fingerprint density at radius 1 is 1.20 bits per heavy atom. The molecule has 15 heavy (non-hydrogen) atoms. The number of hydrogen-bond acceptors (Lipinski definition) is 1. The minimum Gasteiger partial charge on any atom is -0.325 e. The molecule has 0 radical (unpaired) electrons. The molecule has 1 N–H and O–H groups in total. The van der Waals surface area contributed by atoms with Crippen molar-refractivity contribution in [1.82, 2.24) is 10.2 Å². The molecule has 0 aliphatic heterocycles. The zero-order valence-corrected chi connectivity index (χ0v) is 10.5. The van der Waals surface area contributed by atoms with E-state index in [9.17, 15) is 4.79 Å². The molecule has 0 heterocycles. The number of nitrogens with zero attached hydrogens (tertiary/aromatic N) is 1. The van der Waals surface area contributed by atoms with Crippen LogP contribution in [0.5, 0.6) is 0 Å². The first kappa shape index (κ1) is 14.0. The third-order valence-electron chi connectivity index (χ3n) is 2.27. The molecule has 0 aromatic rings. The van der Waals surface area contributed by atoms with Gasteiger partial charge in [-0.1, -0.05) is 26.3 Å². The summed E-state index contributed by atoms with van der Waals surface area (Å²) in [4.78, 5) is 13.6. The fraction of sp³-hybridized carbons (Fsp3) is 0.750. The van der Waals surface area contributed by atoms with Crippen LogP contribution >= 0.6 is 0 Å². The first-order chi connectivity index (χ1) is 7.15. The number of carbonyl (C=O) groups is 1. The van der Waals surface area contributed by atoms with Gasteiger partial charge in [0.15, 0.2) is 0 Å². The third-order valence-corrected chi connectivity index (χ3v) is 2.27. The number of urea groups is 1. The van der Waals surface area contributed by atoms with E-state index in [4.69, 9.17) is 0 Å². The molecule has 0 aliphatic carbocycles. The Hall–Kier alpha value is -0.990. The molecule has 0 rings (SSSR count). The summed E-state index contributed by atoms with van der Waals surface area (Å²) in [5.41, 5.74) is 1.19. The van der Waals surface area contributed by atoms with E-state index in [0.717, 1.165) is 32.4 Å². The summed E-state index contributed by atoms with van der Waals surface area (Å²) in [6.07, 6.45) is 4.79. The molecule has 2 amide bonds. The fourth-order valence-electron chi connectivity index (χ4n) is 1.23. The monoisotopic (exact) mass is 212 g/mol. The molecule has 0 aliphatic rings. The molecule has 88 valence electrons. The van der Waals surface area contributed by atoms with Crippen LogP contribution in [0.25, 0.3) is 0 Å². The lowest BCUT2D eigenvalue weighted by atomic mass is 10.3. The molecule has 0 unspecified atom stereocenters. The maximum Gasteiger partial charge on any atom is 0.321 e. The Morgan fingerprint density at radius 2 is 1.73 bits per heavy atom. The van der Waals surface area contributed by atoms with Crippen LogP contribution in [0.2, 0.25) is 0 Å². The van der Waals surface area contributed by atoms with E-state index in [2.05, 4.69) is 26.1 Å². The van der Waals surface area contributed by atoms with Gasteiger partial charge in [0, 0.05) is 19.3 Å². The van der Waals surface area contributed by atoms with Gasteiger partial charge in [0.1, 0.15) is 0 Å². The summed E-state index contributed by atoms with van der Waals surface area (Å²) in [6, 6.07) is 0.0199. The Labute approximate surface area is 93.5 Å². The van der Waals surface area contributed by atoms with Gasteiger partial charge < -0.3 is 10.2 Å². The largest absolute Gasteiger partial charge is 0.325 e. The number of hydrogen-bond donors (Lipinski definition) is 1. The highest BCUT2D eigenvalue weighted by molar-refractivity contribution is 5.75. The average Bonchev–Trinajstić information content (AvgIpc) is 2.25. The first-order valence-electron chi connectivity index (χ1n) is 5.86. The van der Waals surface area contributed by atoms with Crippen molar-refractivity contribution in [3.8, 4) is 0 Å². The predicted octanol–water partition coefficient (Wildman–Crippen LogP) is 3.13. The van der Waals surface area contributed by atoms with Crippen molar-refractivity contribution in [3.63, 3.8) is 0 Å². The van der Waals surface area contributed by atoms with Gasteiger partial charge in [-0.05, 0) is 26.2 Å². The highest BCUT2D eigenvalue weighted by Gasteiger charge is 2.09. The SMILES string of the molecule is CCCN(CCC)C(=O)N/C=C(\C)CC. The van der Waals surface area contributed by atoms with E-state index in [1.54, 1.807) is 6.20 Å². The second-order valence-electron chi connectivity index (χ2n) is 3.78. The van der Waals surface area contributed by atoms with Gasteiger partial charge in [-0.3, -0.25) is 0 Å². The van der Waals surface area contributed by atoms with Crippen LogP contribution in [-0.2, 0) is 0 Å². The molecule has 0 saturated heterocycles. The Balaban J connectivity index is 4.13. The van der Waals surface area contributed by atoms with Crippen molar-refractivity contribution >= 4 is 6.03 Å². The molecule has 0 aromatic carbocycles. The zero-order chi connectivity index (χ0) is 11.7. The molecule has 0 bridgehead atoms. The topological polar surface area (TPSA) is 32.3 Å². The predicted molar refractivity (Wildman–Crippen MR) is 64.7 cm³/mol. The van der Waals surface area contributed by atoms with Crippen molar-refractivity contribution in [3.05, 3.63) is 11.8 Å². The number of allylic oxidation sites excluding steroid dienone is 1. The van der Waals surface area contributed by atoms with Gasteiger partial charge in [0.25, 0.3) is 0 Å². The minimum absolute atomic E-state index is 0.0199. The lowest BCUT2D eigenvalue weighted by Gasteiger charge is -2.20. The fourth-order valence-corrected chi connectivity index (χ4v) is 1.23. The molecule has 0 spiro atoms. The normalized spacial score (nSPS) is 11.3. The van der Waals surface area contributed by atoms with E-state index >= 15 is 0 Å². The summed E-state index contributed by atoms with van der Waals surface area (Å²) in [5, 5.41) is 2.83. The number of amides is 2. The molecule has 3 nitrogen and oxygen atoms in total. The van der Waals surface area contributed by atoms with Gasteiger partial charge >= 0.3 is 6.03 Å². The lowest BCUT2D eigenvalue weighted by molar-refractivity contribution is 0.201. The smallest absolute Gasteiger partial charge is 0.321 e. The van der Waals surface area contributed by atoms with Gasteiger partial charge in [-0.15, -0.1) is 0 Å². The van der Waals surface area contributed by atoms with Gasteiger partial charge in [-0.2, -0.15) is 0 Å². The van der Waals surface area contributed by atoms with Crippen LogP contribution in [-0.4, -0.2) is 24.0 Å². The Bertz CT molecular complexity index is 206. The quantitative estimate of drug-likeness (QED) is 0.720. The van der Waals surface area contributed by atoms with Crippen molar-refractivity contribution < 1.29 is 4.79 Å². The van der Waals surface area contributed by atoms with Crippen LogP contribution in [0.1, 0.15) is 47.0 Å². The zero-order valence-electron chi connectivity index (χ0n) is 10.5. The Morgan fingerprint density at radius 3 is 2.13 bits per heavy atom. The lowest BCUT2D eigenvalue weighted by Crippen LogP contribution is -2.38. The summed E-state index contributed by atoms with van der Waals surface area (Å²) < 4.78 is 0. The van der Waals surface area contributed by atoms with Crippen molar-refractivity contribution in [2.24, 2.45) is 0 Å². The van der Waals surface area contributed by atoms with Crippen LogP contribution in [0, 0.1) is 0 Å². The molecule has 0 aromatic heterocycles. The highest BCUT2D eigenvalue weighted by Crippen LogP contribution is 1.98. The van der Waals surface area contributed by atoms with Crippen molar-refractivity contribution in [2.45, 2.75) is 47.0 Å². The van der Waals surface area contributed by atoms with Crippen LogP contribution in [0.15, 0.2) is 11.8 Å². The minimum atomic E-state index is 0.0199. The second-order valence-corrected chi connectivity index (χ2v) is 3.78. The molecule has 0 saturated carbocycles. The Kier molecular flexibility index (Phi) is 7.78. The van der Waals surface area contributed by atoms with Gasteiger partial charge in [-0.25, -0.2) is 4.79 Å². The summed E-state index contributed by atoms with van der Waals surface area (Å²) >= 11 is 0. The molecular weight excluding hydrogens is 188 g/mol. The average molecular weight is 212 g/mol. The number of nitrogens with one attached hydrogen (secondary N) is 1. The number of rotatable bonds is 6. The maximum absolute atomic E-state index is 11.7. The first-order valence-corrected chi connectivity index (χ1v) is 5.86. The molecular formula is C12H24N2O. The molecule has 0 fully saturated rings. The number of carbonyl (C=O) groups excluding carboxylic acids is 1. The van der Waals surface area contributed by atoms with Crippen molar-refractivity contribution in [2.75, 3.05) is 13.1 Å². The van der Waals surface area contributed by atoms with Crippen LogP contribution < -0.4 is 5.32 Å². The third kappa shape index (κ3) is 6.15. The van der Waals surface area contributed by atoms with E-state index in [1.807, 2.05) is 11.8 Å². The summed E-state index contributed by atoms with van der Waals surface area (Å²) in [5.74, 6) is 0.